The average Bonchev–Trinajstić information content (AvgIpc) is 2.85. The third-order valence-electron chi connectivity index (χ3n) is 3.81. The molecule has 0 saturated carbocycles. The number of hydrogen-bond acceptors (Lipinski definition) is 3. The second-order valence-electron chi connectivity index (χ2n) is 5.19. The molecule has 0 bridgehead atoms. The molecule has 18 heavy (non-hydrogen) atoms. The Morgan fingerprint density at radius 2 is 2.22 bits per heavy atom. The van der Waals surface area contributed by atoms with Crippen LogP contribution in [0.2, 0.25) is 0 Å². The van der Waals surface area contributed by atoms with Crippen LogP contribution < -0.4 is 5.32 Å². The third kappa shape index (κ3) is 1.71. The quantitative estimate of drug-likeness (QED) is 0.820. The molecule has 0 aliphatic carbocycles. The largest absolute Gasteiger partial charge is 0.316 e. The van der Waals surface area contributed by atoms with Gasteiger partial charge in [-0.15, -0.1) is 0 Å². The van der Waals surface area contributed by atoms with Crippen LogP contribution in [-0.4, -0.2) is 23.9 Å². The van der Waals surface area contributed by atoms with E-state index in [1.807, 2.05) is 37.3 Å². The van der Waals surface area contributed by atoms with Gasteiger partial charge in [0.1, 0.15) is 0 Å². The molecule has 1 aliphatic heterocycles. The highest BCUT2D eigenvalue weighted by Crippen LogP contribution is 2.31. The van der Waals surface area contributed by atoms with Crippen LogP contribution in [0.4, 0.5) is 0 Å². The van der Waals surface area contributed by atoms with E-state index in [0.29, 0.717) is 0 Å². The number of fused-ring (bicyclic) bond motifs is 1. The fourth-order valence-corrected chi connectivity index (χ4v) is 2.64. The fraction of sp³-hybridized carbons (Fsp3) is 0.333. The third-order valence-corrected chi connectivity index (χ3v) is 3.81. The van der Waals surface area contributed by atoms with Crippen molar-refractivity contribution in [3.63, 3.8) is 0 Å². The molecule has 1 aromatic heterocycles. The van der Waals surface area contributed by atoms with Crippen LogP contribution in [0.1, 0.15) is 23.7 Å². The van der Waals surface area contributed by atoms with E-state index in [2.05, 4.69) is 10.3 Å². The number of rotatable bonds is 2. The van der Waals surface area contributed by atoms with Gasteiger partial charge in [0.2, 0.25) is 0 Å². The molecule has 3 rings (SSSR count). The maximum absolute atomic E-state index is 12.7. The minimum absolute atomic E-state index is 0.228. The molecule has 0 amide bonds. The number of pyridine rings is 1. The summed E-state index contributed by atoms with van der Waals surface area (Å²) < 4.78 is 0. The zero-order valence-electron chi connectivity index (χ0n) is 10.4. The molecule has 1 fully saturated rings. The van der Waals surface area contributed by atoms with Crippen LogP contribution in [0.5, 0.6) is 0 Å². The maximum Gasteiger partial charge on any atom is 0.170 e. The number of ketones is 1. The smallest absolute Gasteiger partial charge is 0.170 e. The molecule has 1 aromatic carbocycles. The summed E-state index contributed by atoms with van der Waals surface area (Å²) in [5.41, 5.74) is 1.41. The van der Waals surface area contributed by atoms with Crippen LogP contribution in [0, 0.1) is 5.41 Å². The minimum Gasteiger partial charge on any atom is -0.316 e. The number of aromatic nitrogens is 1. The van der Waals surface area contributed by atoms with Gasteiger partial charge in [-0.05, 0) is 25.1 Å². The van der Waals surface area contributed by atoms with E-state index in [1.54, 1.807) is 6.20 Å². The number of carbonyl (C=O) groups is 1. The van der Waals surface area contributed by atoms with Gasteiger partial charge in [-0.1, -0.05) is 25.1 Å². The molecular formula is C15H16N2O. The maximum atomic E-state index is 12.7. The Bertz CT molecular complexity index is 595. The van der Waals surface area contributed by atoms with E-state index in [4.69, 9.17) is 0 Å². The fourth-order valence-electron chi connectivity index (χ4n) is 2.64. The van der Waals surface area contributed by atoms with Crippen molar-refractivity contribution in [2.45, 2.75) is 13.3 Å². The molecule has 1 N–H and O–H groups in total. The average molecular weight is 240 g/mol. The zero-order valence-corrected chi connectivity index (χ0v) is 10.4. The summed E-state index contributed by atoms with van der Waals surface area (Å²) >= 11 is 0. The molecular weight excluding hydrogens is 224 g/mol. The summed E-state index contributed by atoms with van der Waals surface area (Å²) in [6.07, 6.45) is 2.66. The van der Waals surface area contributed by atoms with Crippen molar-refractivity contribution in [3.8, 4) is 0 Å². The molecule has 2 aromatic rings. The first kappa shape index (κ1) is 11.4. The van der Waals surface area contributed by atoms with Crippen molar-refractivity contribution in [2.24, 2.45) is 5.41 Å². The summed E-state index contributed by atoms with van der Waals surface area (Å²) in [6, 6.07) is 9.63. The van der Waals surface area contributed by atoms with Gasteiger partial charge in [0, 0.05) is 29.1 Å². The lowest BCUT2D eigenvalue weighted by atomic mass is 9.80. The molecule has 3 heteroatoms. The first-order valence-corrected chi connectivity index (χ1v) is 6.30. The molecule has 1 aliphatic rings. The van der Waals surface area contributed by atoms with Gasteiger partial charge >= 0.3 is 0 Å². The summed E-state index contributed by atoms with van der Waals surface area (Å²) in [4.78, 5) is 17.0. The van der Waals surface area contributed by atoms with Crippen LogP contribution >= 0.6 is 0 Å². The highest BCUT2D eigenvalue weighted by Gasteiger charge is 2.37. The Morgan fingerprint density at radius 3 is 3.00 bits per heavy atom. The second kappa shape index (κ2) is 4.18. The Morgan fingerprint density at radius 1 is 1.33 bits per heavy atom. The van der Waals surface area contributed by atoms with Gasteiger partial charge in [-0.3, -0.25) is 9.78 Å². The number of Topliss-reactive ketones (excluding diaryl/α,β-unsaturated/α-hetero) is 1. The topological polar surface area (TPSA) is 42.0 Å². The van der Waals surface area contributed by atoms with E-state index < -0.39 is 0 Å². The van der Waals surface area contributed by atoms with E-state index in [1.165, 1.54) is 0 Å². The number of benzene rings is 1. The predicted octanol–water partition coefficient (Wildman–Crippen LogP) is 2.42. The molecule has 1 unspecified atom stereocenters. The number of nitrogens with one attached hydrogen (secondary N) is 1. The summed E-state index contributed by atoms with van der Waals surface area (Å²) in [5, 5.41) is 4.23. The molecule has 2 heterocycles. The number of carbonyl (C=O) groups excluding carboxylic acids is 1. The highest BCUT2D eigenvalue weighted by atomic mass is 16.1. The van der Waals surface area contributed by atoms with Crippen LogP contribution in [0.15, 0.2) is 36.5 Å². The lowest BCUT2D eigenvalue weighted by molar-refractivity contribution is 0.0841. The van der Waals surface area contributed by atoms with Crippen LogP contribution in [0.25, 0.3) is 10.9 Å². The predicted molar refractivity (Wildman–Crippen MR) is 71.7 cm³/mol. The molecule has 3 nitrogen and oxygen atoms in total. The van der Waals surface area contributed by atoms with E-state index in [9.17, 15) is 4.79 Å². The van der Waals surface area contributed by atoms with Crippen LogP contribution in [-0.2, 0) is 0 Å². The van der Waals surface area contributed by atoms with E-state index >= 15 is 0 Å². The Hall–Kier alpha value is -1.74. The second-order valence-corrected chi connectivity index (χ2v) is 5.19. The molecule has 0 radical (unpaired) electrons. The standard InChI is InChI=1S/C15H16N2O/c1-15(7-9-16-10-15)14(18)12-4-2-6-13-11(12)5-3-8-17-13/h2-6,8,16H,7,9-10H2,1H3. The van der Waals surface area contributed by atoms with Crippen molar-refractivity contribution in [2.75, 3.05) is 13.1 Å². The monoisotopic (exact) mass is 240 g/mol. The van der Waals surface area contributed by atoms with Crippen molar-refractivity contribution in [3.05, 3.63) is 42.1 Å². The Balaban J connectivity index is 2.12. The van der Waals surface area contributed by atoms with Gasteiger partial charge < -0.3 is 5.32 Å². The summed E-state index contributed by atoms with van der Waals surface area (Å²) in [7, 11) is 0. The van der Waals surface area contributed by atoms with Gasteiger partial charge in [0.15, 0.2) is 5.78 Å². The molecule has 92 valence electrons. The van der Waals surface area contributed by atoms with Crippen LogP contribution in [0.3, 0.4) is 0 Å². The normalized spacial score (nSPS) is 23.4. The lowest BCUT2D eigenvalue weighted by Crippen LogP contribution is -2.30. The lowest BCUT2D eigenvalue weighted by Gasteiger charge is -2.21. The van der Waals surface area contributed by atoms with Crippen molar-refractivity contribution in [1.29, 1.82) is 0 Å². The Labute approximate surface area is 106 Å². The molecule has 1 saturated heterocycles. The highest BCUT2D eigenvalue weighted by molar-refractivity contribution is 6.10. The van der Waals surface area contributed by atoms with Gasteiger partial charge in [-0.25, -0.2) is 0 Å². The first-order chi connectivity index (χ1) is 8.71. The van der Waals surface area contributed by atoms with Gasteiger partial charge in [0.05, 0.1) is 5.52 Å². The van der Waals surface area contributed by atoms with Crippen molar-refractivity contribution >= 4 is 16.7 Å². The number of nitrogens with zero attached hydrogens (tertiary/aromatic N) is 1. The first-order valence-electron chi connectivity index (χ1n) is 6.30. The minimum atomic E-state index is -0.274. The van der Waals surface area contributed by atoms with Crippen molar-refractivity contribution < 1.29 is 4.79 Å². The van der Waals surface area contributed by atoms with E-state index in [0.717, 1.165) is 36.0 Å². The number of hydrogen-bond donors (Lipinski definition) is 1. The zero-order chi connectivity index (χ0) is 12.6. The Kier molecular flexibility index (Phi) is 2.63. The van der Waals surface area contributed by atoms with E-state index in [-0.39, 0.29) is 11.2 Å². The van der Waals surface area contributed by atoms with Gasteiger partial charge in [-0.2, -0.15) is 0 Å². The van der Waals surface area contributed by atoms with Gasteiger partial charge in [0.25, 0.3) is 0 Å². The van der Waals surface area contributed by atoms with Crippen molar-refractivity contribution in [1.82, 2.24) is 10.3 Å². The summed E-state index contributed by atoms with van der Waals surface area (Å²) in [6.45, 7) is 3.73. The molecule has 0 spiro atoms. The summed E-state index contributed by atoms with van der Waals surface area (Å²) in [5.74, 6) is 0.228. The molecule has 1 atom stereocenters. The SMILES string of the molecule is CC1(C(=O)c2cccc3ncccc23)CCNC1.